The second-order valence-electron chi connectivity index (χ2n) is 4.79. The fourth-order valence-corrected chi connectivity index (χ4v) is 2.44. The minimum Gasteiger partial charge on any atom is -0.481 e. The van der Waals surface area contributed by atoms with Crippen LogP contribution in [0.5, 0.6) is 0 Å². The van der Waals surface area contributed by atoms with Gasteiger partial charge in [-0.05, 0) is 31.4 Å². The van der Waals surface area contributed by atoms with Crippen LogP contribution < -0.4 is 5.32 Å². The van der Waals surface area contributed by atoms with Crippen molar-refractivity contribution in [3.63, 3.8) is 0 Å². The summed E-state index contributed by atoms with van der Waals surface area (Å²) in [6.45, 7) is 0. The maximum absolute atomic E-state index is 10.9. The van der Waals surface area contributed by atoms with Crippen molar-refractivity contribution in [2.75, 3.05) is 5.32 Å². The Bertz CT molecular complexity index is 594. The van der Waals surface area contributed by atoms with Gasteiger partial charge in [0.2, 0.25) is 0 Å². The van der Waals surface area contributed by atoms with Gasteiger partial charge in [-0.2, -0.15) is 5.26 Å². The number of hydrogen-bond acceptors (Lipinski definition) is 5. The van der Waals surface area contributed by atoms with Crippen LogP contribution >= 0.6 is 0 Å². The van der Waals surface area contributed by atoms with Gasteiger partial charge >= 0.3 is 5.97 Å². The summed E-state index contributed by atoms with van der Waals surface area (Å²) < 4.78 is 0. The molecule has 20 heavy (non-hydrogen) atoms. The highest BCUT2D eigenvalue weighted by atomic mass is 16.6. The predicted octanol–water partition coefficient (Wildman–Crippen LogP) is 2.13. The van der Waals surface area contributed by atoms with Gasteiger partial charge in [-0.25, -0.2) is 0 Å². The van der Waals surface area contributed by atoms with Crippen LogP contribution in [0.1, 0.15) is 24.8 Å². The van der Waals surface area contributed by atoms with Crippen LogP contribution in [-0.2, 0) is 4.79 Å². The number of rotatable bonds is 4. The number of hydrogen-bond donors (Lipinski definition) is 2. The normalized spacial score (nSPS) is 21.1. The van der Waals surface area contributed by atoms with Gasteiger partial charge in [0.05, 0.1) is 10.8 Å². The van der Waals surface area contributed by atoms with Gasteiger partial charge in [0.1, 0.15) is 11.6 Å². The number of nitro benzene ring substituents is 1. The Hall–Kier alpha value is -2.62. The number of aliphatic carboxylic acids is 1. The molecule has 1 aliphatic rings. The van der Waals surface area contributed by atoms with E-state index in [2.05, 4.69) is 5.32 Å². The first-order chi connectivity index (χ1) is 9.51. The molecule has 0 radical (unpaired) electrons. The third-order valence-electron chi connectivity index (χ3n) is 3.47. The smallest absolute Gasteiger partial charge is 0.306 e. The number of nitro groups is 1. The van der Waals surface area contributed by atoms with Crippen LogP contribution in [0.3, 0.4) is 0 Å². The summed E-state index contributed by atoms with van der Waals surface area (Å²) in [5.41, 5.74) is 0.299. The zero-order valence-corrected chi connectivity index (χ0v) is 10.6. The molecule has 0 aliphatic heterocycles. The van der Waals surface area contributed by atoms with Gasteiger partial charge in [-0.15, -0.1) is 0 Å². The number of carbonyl (C=O) groups is 1. The third-order valence-corrected chi connectivity index (χ3v) is 3.47. The van der Waals surface area contributed by atoms with Crippen LogP contribution in [0.4, 0.5) is 11.4 Å². The van der Waals surface area contributed by atoms with E-state index in [1.165, 1.54) is 12.1 Å². The predicted molar refractivity (Wildman–Crippen MR) is 70.2 cm³/mol. The Morgan fingerprint density at radius 3 is 2.80 bits per heavy atom. The maximum atomic E-state index is 10.9. The van der Waals surface area contributed by atoms with Gasteiger partial charge in [0.25, 0.3) is 5.69 Å². The average Bonchev–Trinajstić information content (AvgIpc) is 2.87. The van der Waals surface area contributed by atoms with Gasteiger partial charge in [0, 0.05) is 17.8 Å². The lowest BCUT2D eigenvalue weighted by Gasteiger charge is -2.13. The zero-order chi connectivity index (χ0) is 14.7. The topological polar surface area (TPSA) is 116 Å². The van der Waals surface area contributed by atoms with Gasteiger partial charge < -0.3 is 10.4 Å². The van der Waals surface area contributed by atoms with E-state index < -0.39 is 10.9 Å². The fraction of sp³-hybridized carbons (Fsp3) is 0.385. The molecule has 7 heteroatoms. The molecule has 0 saturated heterocycles. The largest absolute Gasteiger partial charge is 0.481 e. The maximum Gasteiger partial charge on any atom is 0.306 e. The number of carboxylic acid groups (broad SMARTS) is 1. The van der Waals surface area contributed by atoms with E-state index in [4.69, 9.17) is 10.4 Å². The molecule has 0 amide bonds. The molecule has 104 valence electrons. The highest BCUT2D eigenvalue weighted by molar-refractivity contribution is 5.70. The lowest BCUT2D eigenvalue weighted by molar-refractivity contribution is -0.385. The number of anilines is 1. The number of nitriles is 1. The molecule has 1 saturated carbocycles. The van der Waals surface area contributed by atoms with Crippen molar-refractivity contribution in [3.8, 4) is 6.07 Å². The van der Waals surface area contributed by atoms with E-state index >= 15 is 0 Å². The molecular weight excluding hydrogens is 262 g/mol. The first-order valence-corrected chi connectivity index (χ1v) is 6.19. The van der Waals surface area contributed by atoms with Crippen molar-refractivity contribution in [2.24, 2.45) is 5.92 Å². The monoisotopic (exact) mass is 275 g/mol. The molecule has 0 spiro atoms. The summed E-state index contributed by atoms with van der Waals surface area (Å²) >= 11 is 0. The summed E-state index contributed by atoms with van der Waals surface area (Å²) in [5, 5.41) is 31.7. The number of nitrogens with one attached hydrogen (secondary N) is 1. The highest BCUT2D eigenvalue weighted by Gasteiger charge is 2.29. The van der Waals surface area contributed by atoms with Crippen LogP contribution in [0, 0.1) is 27.4 Å². The molecule has 2 N–H and O–H groups in total. The first kappa shape index (κ1) is 13.8. The summed E-state index contributed by atoms with van der Waals surface area (Å²) in [4.78, 5) is 21.1. The van der Waals surface area contributed by atoms with Crippen molar-refractivity contribution in [1.82, 2.24) is 0 Å². The van der Waals surface area contributed by atoms with E-state index in [-0.39, 0.29) is 23.2 Å². The van der Waals surface area contributed by atoms with Crippen molar-refractivity contribution >= 4 is 17.3 Å². The molecular formula is C13H13N3O4. The van der Waals surface area contributed by atoms with Gasteiger partial charge in [-0.3, -0.25) is 14.9 Å². The summed E-state index contributed by atoms with van der Waals surface area (Å²) in [7, 11) is 0. The second-order valence-corrected chi connectivity index (χ2v) is 4.79. The van der Waals surface area contributed by atoms with Crippen molar-refractivity contribution in [3.05, 3.63) is 33.9 Å². The van der Waals surface area contributed by atoms with E-state index in [0.717, 1.165) is 0 Å². The van der Waals surface area contributed by atoms with E-state index in [0.29, 0.717) is 24.9 Å². The summed E-state index contributed by atoms with van der Waals surface area (Å²) in [6, 6.07) is 6.06. The Balaban J connectivity index is 2.11. The Labute approximate surface area is 115 Å². The van der Waals surface area contributed by atoms with Gasteiger partial charge in [-0.1, -0.05) is 0 Å². The van der Waals surface area contributed by atoms with E-state index in [9.17, 15) is 14.9 Å². The minimum absolute atomic E-state index is 0.00962. The van der Waals surface area contributed by atoms with Gasteiger partial charge in [0.15, 0.2) is 0 Å². The quantitative estimate of drug-likeness (QED) is 0.642. The summed E-state index contributed by atoms with van der Waals surface area (Å²) in [5.74, 6) is -1.17. The number of carboxylic acids is 1. The fourth-order valence-electron chi connectivity index (χ4n) is 2.44. The molecule has 7 nitrogen and oxygen atoms in total. The molecule has 2 unspecified atom stereocenters. The molecule has 2 rings (SSSR count). The standard InChI is InChI=1S/C13H13N3O4/c14-7-9-2-4-11(6-12(9)16(19)20)15-10-3-1-8(5-10)13(17)18/h2,4,6,8,10,15H,1,3,5H2,(H,17,18). The molecule has 1 aliphatic carbocycles. The van der Waals surface area contributed by atoms with Crippen LogP contribution in [-0.4, -0.2) is 22.0 Å². The molecule has 1 aromatic carbocycles. The number of nitrogens with zero attached hydrogens (tertiary/aromatic N) is 2. The molecule has 1 fully saturated rings. The Morgan fingerprint density at radius 1 is 1.50 bits per heavy atom. The van der Waals surface area contributed by atoms with E-state index in [1.807, 2.05) is 0 Å². The van der Waals surface area contributed by atoms with Crippen molar-refractivity contribution in [1.29, 1.82) is 5.26 Å². The second kappa shape index (κ2) is 5.57. The Kier molecular flexibility index (Phi) is 3.84. The molecule has 0 heterocycles. The molecule has 1 aromatic rings. The number of benzene rings is 1. The molecule has 0 aromatic heterocycles. The van der Waals surface area contributed by atoms with Crippen LogP contribution in [0.15, 0.2) is 18.2 Å². The van der Waals surface area contributed by atoms with Crippen molar-refractivity contribution < 1.29 is 14.8 Å². The molecule has 2 atom stereocenters. The SMILES string of the molecule is N#Cc1ccc(NC2CCC(C(=O)O)C2)cc1[N+](=O)[O-]. The average molecular weight is 275 g/mol. The van der Waals surface area contributed by atoms with Crippen LogP contribution in [0.25, 0.3) is 0 Å². The highest BCUT2D eigenvalue weighted by Crippen LogP contribution is 2.30. The zero-order valence-electron chi connectivity index (χ0n) is 10.6. The van der Waals surface area contributed by atoms with Crippen LogP contribution in [0.2, 0.25) is 0 Å². The lowest BCUT2D eigenvalue weighted by atomic mass is 10.1. The minimum atomic E-state index is -0.805. The molecule has 0 bridgehead atoms. The Morgan fingerprint density at radius 2 is 2.25 bits per heavy atom. The third kappa shape index (κ3) is 2.85. The lowest BCUT2D eigenvalue weighted by Crippen LogP contribution is -2.18. The first-order valence-electron chi connectivity index (χ1n) is 6.19. The van der Waals surface area contributed by atoms with Crippen molar-refractivity contribution in [2.45, 2.75) is 25.3 Å². The van der Waals surface area contributed by atoms with E-state index in [1.54, 1.807) is 12.1 Å². The summed E-state index contributed by atoms with van der Waals surface area (Å²) in [6.07, 6.45) is 1.82.